The van der Waals surface area contributed by atoms with Crippen LogP contribution in [-0.4, -0.2) is 48.8 Å². The predicted octanol–water partition coefficient (Wildman–Crippen LogP) is 2.94. The van der Waals surface area contributed by atoms with E-state index in [0.29, 0.717) is 12.1 Å². The second-order valence-corrected chi connectivity index (χ2v) is 7.28. The monoisotopic (exact) mass is 280 g/mol. The number of hydrogen-bond donors (Lipinski definition) is 1. The van der Waals surface area contributed by atoms with E-state index >= 15 is 0 Å². The molecule has 0 aromatic heterocycles. The normalized spacial score (nSPS) is 32.5. The van der Waals surface area contributed by atoms with Crippen LogP contribution in [0.5, 0.6) is 0 Å². The van der Waals surface area contributed by atoms with E-state index in [0.717, 1.165) is 13.2 Å². The van der Waals surface area contributed by atoms with Crippen molar-refractivity contribution in [2.24, 2.45) is 0 Å². The first-order chi connectivity index (χ1) is 9.77. The number of rotatable bonds is 4. The van der Waals surface area contributed by atoms with Crippen molar-refractivity contribution in [3.63, 3.8) is 0 Å². The van der Waals surface area contributed by atoms with Gasteiger partial charge in [0, 0.05) is 25.2 Å². The predicted molar refractivity (Wildman–Crippen MR) is 83.1 cm³/mol. The minimum atomic E-state index is 0.254. The molecular formula is C17H32N2O. The highest BCUT2D eigenvalue weighted by Crippen LogP contribution is 2.39. The number of piperidine rings is 1. The van der Waals surface area contributed by atoms with E-state index in [-0.39, 0.29) is 5.60 Å². The third-order valence-electron chi connectivity index (χ3n) is 5.72. The van der Waals surface area contributed by atoms with E-state index < -0.39 is 0 Å². The Morgan fingerprint density at radius 3 is 2.65 bits per heavy atom. The lowest BCUT2D eigenvalue weighted by molar-refractivity contribution is -0.0840. The molecule has 0 radical (unpaired) electrons. The highest BCUT2D eigenvalue weighted by atomic mass is 16.5. The molecule has 2 unspecified atom stereocenters. The largest absolute Gasteiger partial charge is 0.375 e. The summed E-state index contributed by atoms with van der Waals surface area (Å²) in [5, 5.41) is 3.85. The molecule has 2 aliphatic heterocycles. The van der Waals surface area contributed by atoms with Gasteiger partial charge in [0.1, 0.15) is 0 Å². The first-order valence-corrected chi connectivity index (χ1v) is 8.89. The van der Waals surface area contributed by atoms with Gasteiger partial charge in [0.25, 0.3) is 0 Å². The minimum Gasteiger partial charge on any atom is -0.375 e. The Morgan fingerprint density at radius 2 is 1.90 bits per heavy atom. The van der Waals surface area contributed by atoms with Crippen molar-refractivity contribution in [3.05, 3.63) is 0 Å². The average molecular weight is 280 g/mol. The first-order valence-electron chi connectivity index (χ1n) is 8.89. The average Bonchev–Trinajstić information content (AvgIpc) is 2.93. The lowest BCUT2D eigenvalue weighted by Gasteiger charge is -2.40. The molecule has 3 nitrogen and oxygen atoms in total. The maximum atomic E-state index is 6.13. The van der Waals surface area contributed by atoms with E-state index in [1.165, 1.54) is 70.9 Å². The van der Waals surface area contributed by atoms with Crippen LogP contribution in [0.2, 0.25) is 0 Å². The summed E-state index contributed by atoms with van der Waals surface area (Å²) in [6.07, 6.45) is 12.0. The van der Waals surface area contributed by atoms with Crippen molar-refractivity contribution in [2.75, 3.05) is 26.2 Å². The minimum absolute atomic E-state index is 0.254. The zero-order valence-corrected chi connectivity index (χ0v) is 13.2. The molecule has 0 aromatic carbocycles. The molecule has 1 saturated carbocycles. The van der Waals surface area contributed by atoms with Crippen LogP contribution in [0.3, 0.4) is 0 Å². The maximum Gasteiger partial charge on any atom is 0.0697 e. The van der Waals surface area contributed by atoms with Gasteiger partial charge in [-0.25, -0.2) is 0 Å². The molecule has 3 fully saturated rings. The summed E-state index contributed by atoms with van der Waals surface area (Å²) in [4.78, 5) is 2.67. The second kappa shape index (κ2) is 6.76. The topological polar surface area (TPSA) is 24.5 Å². The molecule has 1 N–H and O–H groups in total. The van der Waals surface area contributed by atoms with Gasteiger partial charge in [-0.3, -0.25) is 4.90 Å². The summed E-state index contributed by atoms with van der Waals surface area (Å²) in [5.74, 6) is 0. The third-order valence-corrected chi connectivity index (χ3v) is 5.72. The Labute approximate surface area is 124 Å². The van der Waals surface area contributed by atoms with Crippen molar-refractivity contribution < 1.29 is 4.74 Å². The van der Waals surface area contributed by atoms with Gasteiger partial charge in [0.2, 0.25) is 0 Å². The number of nitrogens with zero attached hydrogens (tertiary/aromatic N) is 1. The summed E-state index contributed by atoms with van der Waals surface area (Å²) in [6, 6.07) is 1.38. The molecule has 3 heteroatoms. The Bertz CT molecular complexity index is 295. The standard InChI is InChI=1S/C17H32N2O/c1-15(19-10-5-2-6-11-19)14-18-16-7-12-20-17(13-16)8-3-4-9-17/h15-16,18H,2-14H2,1H3. The summed E-state index contributed by atoms with van der Waals surface area (Å²) < 4.78 is 6.13. The highest BCUT2D eigenvalue weighted by Gasteiger charge is 2.39. The summed E-state index contributed by atoms with van der Waals surface area (Å²) in [7, 11) is 0. The molecule has 2 saturated heterocycles. The molecule has 1 aliphatic carbocycles. The molecule has 1 spiro atoms. The number of likely N-dealkylation sites (tertiary alicyclic amines) is 1. The van der Waals surface area contributed by atoms with Gasteiger partial charge in [0.15, 0.2) is 0 Å². The Balaban J connectivity index is 1.43. The van der Waals surface area contributed by atoms with Crippen LogP contribution >= 0.6 is 0 Å². The quantitative estimate of drug-likeness (QED) is 0.857. The number of nitrogens with one attached hydrogen (secondary N) is 1. The molecule has 2 heterocycles. The molecular weight excluding hydrogens is 248 g/mol. The van der Waals surface area contributed by atoms with Gasteiger partial charge in [-0.05, 0) is 58.5 Å². The number of hydrogen-bond acceptors (Lipinski definition) is 3. The zero-order valence-electron chi connectivity index (χ0n) is 13.2. The summed E-state index contributed by atoms with van der Waals surface area (Å²) in [6.45, 7) is 7.13. The Kier molecular flexibility index (Phi) is 5.00. The van der Waals surface area contributed by atoms with Gasteiger partial charge >= 0.3 is 0 Å². The summed E-state index contributed by atoms with van der Waals surface area (Å²) in [5.41, 5.74) is 0.254. The molecule has 0 amide bonds. The molecule has 0 aromatic rings. The molecule has 2 atom stereocenters. The molecule has 3 rings (SSSR count). The second-order valence-electron chi connectivity index (χ2n) is 7.28. The van der Waals surface area contributed by atoms with Crippen molar-refractivity contribution in [3.8, 4) is 0 Å². The van der Waals surface area contributed by atoms with Crippen LogP contribution in [0.4, 0.5) is 0 Å². The van der Waals surface area contributed by atoms with Gasteiger partial charge in [-0.2, -0.15) is 0 Å². The van der Waals surface area contributed by atoms with Gasteiger partial charge in [0.05, 0.1) is 5.60 Å². The van der Waals surface area contributed by atoms with Gasteiger partial charge in [-0.1, -0.05) is 19.3 Å². The Hall–Kier alpha value is -0.120. The van der Waals surface area contributed by atoms with Crippen molar-refractivity contribution >= 4 is 0 Å². The van der Waals surface area contributed by atoms with Gasteiger partial charge < -0.3 is 10.1 Å². The van der Waals surface area contributed by atoms with E-state index in [1.54, 1.807) is 0 Å². The van der Waals surface area contributed by atoms with E-state index in [1.807, 2.05) is 0 Å². The van der Waals surface area contributed by atoms with Crippen LogP contribution in [0.15, 0.2) is 0 Å². The van der Waals surface area contributed by atoms with Crippen LogP contribution in [0.25, 0.3) is 0 Å². The fourth-order valence-electron chi connectivity index (χ4n) is 4.40. The number of ether oxygens (including phenoxy) is 1. The van der Waals surface area contributed by atoms with Crippen molar-refractivity contribution in [2.45, 2.75) is 82.4 Å². The van der Waals surface area contributed by atoms with Crippen LogP contribution in [-0.2, 0) is 4.74 Å². The van der Waals surface area contributed by atoms with E-state index in [4.69, 9.17) is 4.74 Å². The van der Waals surface area contributed by atoms with E-state index in [9.17, 15) is 0 Å². The lowest BCUT2D eigenvalue weighted by atomic mass is 9.89. The van der Waals surface area contributed by atoms with Crippen molar-refractivity contribution in [1.29, 1.82) is 0 Å². The van der Waals surface area contributed by atoms with Crippen LogP contribution in [0, 0.1) is 0 Å². The lowest BCUT2D eigenvalue weighted by Crippen LogP contribution is -2.50. The maximum absolute atomic E-state index is 6.13. The van der Waals surface area contributed by atoms with Gasteiger partial charge in [-0.15, -0.1) is 0 Å². The molecule has 20 heavy (non-hydrogen) atoms. The SMILES string of the molecule is CC(CNC1CCOC2(CCCC2)C1)N1CCCCC1. The van der Waals surface area contributed by atoms with E-state index in [2.05, 4.69) is 17.1 Å². The third kappa shape index (κ3) is 3.55. The zero-order chi connectivity index (χ0) is 13.8. The smallest absolute Gasteiger partial charge is 0.0697 e. The molecule has 0 bridgehead atoms. The highest BCUT2D eigenvalue weighted by molar-refractivity contribution is 4.93. The first kappa shape index (κ1) is 14.8. The molecule has 116 valence electrons. The molecule has 3 aliphatic rings. The van der Waals surface area contributed by atoms with Crippen molar-refractivity contribution in [1.82, 2.24) is 10.2 Å². The Morgan fingerprint density at radius 1 is 1.15 bits per heavy atom. The van der Waals surface area contributed by atoms with Crippen LogP contribution < -0.4 is 5.32 Å². The summed E-state index contributed by atoms with van der Waals surface area (Å²) >= 11 is 0. The fraction of sp³-hybridized carbons (Fsp3) is 1.00. The van der Waals surface area contributed by atoms with Crippen LogP contribution in [0.1, 0.15) is 64.7 Å². The fourth-order valence-corrected chi connectivity index (χ4v) is 4.40.